The number of unbranched alkanes of at least 4 members (excludes halogenated alkanes) is 1. The Labute approximate surface area is 228 Å². The zero-order valence-electron chi connectivity index (χ0n) is 20.5. The first-order chi connectivity index (χ1) is 17.5. The fraction of sp³-hybridized carbons (Fsp3) is 0.310. The van der Waals surface area contributed by atoms with Crippen LogP contribution in [0.3, 0.4) is 0 Å². The largest absolute Gasteiger partial charge is 0.354 e. The Morgan fingerprint density at radius 3 is 2.11 bits per heavy atom. The molecule has 7 heteroatoms. The van der Waals surface area contributed by atoms with Gasteiger partial charge in [0.05, 0.1) is 5.75 Å². The first-order valence-corrected chi connectivity index (χ1v) is 14.1. The molecule has 190 valence electrons. The minimum Gasteiger partial charge on any atom is -0.354 e. The predicted molar refractivity (Wildman–Crippen MR) is 151 cm³/mol. The van der Waals surface area contributed by atoms with Crippen LogP contribution in [0.15, 0.2) is 78.9 Å². The summed E-state index contributed by atoms with van der Waals surface area (Å²) >= 11 is 14.5. The van der Waals surface area contributed by atoms with Crippen molar-refractivity contribution in [3.8, 4) is 0 Å². The van der Waals surface area contributed by atoms with Crippen LogP contribution in [-0.4, -0.2) is 35.1 Å². The number of hydrogen-bond acceptors (Lipinski definition) is 3. The van der Waals surface area contributed by atoms with E-state index in [2.05, 4.69) is 12.2 Å². The van der Waals surface area contributed by atoms with Crippen molar-refractivity contribution in [1.82, 2.24) is 10.2 Å². The van der Waals surface area contributed by atoms with Gasteiger partial charge in [-0.05, 0) is 29.7 Å². The number of nitrogens with one attached hydrogen (secondary N) is 1. The van der Waals surface area contributed by atoms with Gasteiger partial charge in [0, 0.05) is 40.9 Å². The lowest BCUT2D eigenvalue weighted by Gasteiger charge is -2.32. The number of nitrogens with zero attached hydrogens (tertiary/aromatic N) is 1. The van der Waals surface area contributed by atoms with E-state index in [0.29, 0.717) is 34.3 Å². The molecule has 4 nitrogen and oxygen atoms in total. The van der Waals surface area contributed by atoms with Crippen molar-refractivity contribution in [3.63, 3.8) is 0 Å². The summed E-state index contributed by atoms with van der Waals surface area (Å²) in [6, 6.07) is 24.4. The van der Waals surface area contributed by atoms with Gasteiger partial charge in [0.15, 0.2) is 0 Å². The number of carbonyl (C=O) groups excluding carboxylic acids is 2. The zero-order chi connectivity index (χ0) is 25.8. The Kier molecular flexibility index (Phi) is 11.7. The lowest BCUT2D eigenvalue weighted by atomic mass is 10.0. The maximum absolute atomic E-state index is 13.7. The van der Waals surface area contributed by atoms with Crippen molar-refractivity contribution >= 4 is 46.8 Å². The second kappa shape index (κ2) is 14.9. The van der Waals surface area contributed by atoms with E-state index >= 15 is 0 Å². The summed E-state index contributed by atoms with van der Waals surface area (Å²) in [5, 5.41) is 3.98. The Morgan fingerprint density at radius 1 is 0.889 bits per heavy atom. The lowest BCUT2D eigenvalue weighted by Crippen LogP contribution is -2.51. The molecule has 1 N–H and O–H groups in total. The molecule has 0 aliphatic rings. The van der Waals surface area contributed by atoms with Crippen LogP contribution in [0.25, 0.3) is 0 Å². The highest BCUT2D eigenvalue weighted by Crippen LogP contribution is 2.28. The summed E-state index contributed by atoms with van der Waals surface area (Å²) in [7, 11) is 0. The van der Waals surface area contributed by atoms with E-state index in [1.54, 1.807) is 23.1 Å². The van der Waals surface area contributed by atoms with Gasteiger partial charge >= 0.3 is 0 Å². The lowest BCUT2D eigenvalue weighted by molar-refractivity contribution is -0.139. The topological polar surface area (TPSA) is 49.4 Å². The third-order valence-electron chi connectivity index (χ3n) is 5.83. The van der Waals surface area contributed by atoms with Crippen LogP contribution in [0, 0.1) is 0 Å². The number of rotatable bonds is 13. The SMILES string of the molecule is CCCCNC(=O)[C@H](Cc1ccccc1)N(Cc1c(Cl)cccc1Cl)C(=O)CSCc1ccccc1. The fourth-order valence-electron chi connectivity index (χ4n) is 3.83. The van der Waals surface area contributed by atoms with Crippen LogP contribution in [0.1, 0.15) is 36.5 Å². The molecule has 0 heterocycles. The van der Waals surface area contributed by atoms with Gasteiger partial charge in [-0.1, -0.05) is 103 Å². The van der Waals surface area contributed by atoms with Gasteiger partial charge in [-0.15, -0.1) is 11.8 Å². The summed E-state index contributed by atoms with van der Waals surface area (Å²) in [4.78, 5) is 28.7. The first kappa shape index (κ1) is 28.1. The smallest absolute Gasteiger partial charge is 0.243 e. The summed E-state index contributed by atoms with van der Waals surface area (Å²) in [5.41, 5.74) is 2.77. The monoisotopic (exact) mass is 542 g/mol. The predicted octanol–water partition coefficient (Wildman–Crippen LogP) is 6.78. The molecule has 3 rings (SSSR count). The summed E-state index contributed by atoms with van der Waals surface area (Å²) in [5.74, 6) is 0.652. The zero-order valence-corrected chi connectivity index (χ0v) is 22.8. The van der Waals surface area contributed by atoms with Crippen LogP contribution in [-0.2, 0) is 28.3 Å². The molecule has 3 aromatic rings. The van der Waals surface area contributed by atoms with Crippen molar-refractivity contribution in [1.29, 1.82) is 0 Å². The number of halogens is 2. The van der Waals surface area contributed by atoms with Crippen LogP contribution >= 0.6 is 35.0 Å². The van der Waals surface area contributed by atoms with Gasteiger partial charge in [0.2, 0.25) is 11.8 Å². The molecule has 36 heavy (non-hydrogen) atoms. The van der Waals surface area contributed by atoms with E-state index in [1.165, 1.54) is 11.8 Å². The van der Waals surface area contributed by atoms with E-state index < -0.39 is 6.04 Å². The highest BCUT2D eigenvalue weighted by Gasteiger charge is 2.31. The molecular formula is C29H32Cl2N2O2S. The highest BCUT2D eigenvalue weighted by atomic mass is 35.5. The summed E-state index contributed by atoms with van der Waals surface area (Å²) in [6.45, 7) is 2.80. The molecule has 0 aliphatic carbocycles. The minimum atomic E-state index is -0.693. The number of benzene rings is 3. The van der Waals surface area contributed by atoms with Gasteiger partial charge in [-0.25, -0.2) is 0 Å². The van der Waals surface area contributed by atoms with Crippen LogP contribution in [0.4, 0.5) is 0 Å². The van der Waals surface area contributed by atoms with Crippen LogP contribution < -0.4 is 5.32 Å². The van der Waals surface area contributed by atoms with Gasteiger partial charge in [-0.3, -0.25) is 9.59 Å². The average molecular weight is 544 g/mol. The summed E-state index contributed by atoms with van der Waals surface area (Å²) < 4.78 is 0. The molecule has 3 aromatic carbocycles. The van der Waals surface area contributed by atoms with E-state index in [1.807, 2.05) is 60.7 Å². The van der Waals surface area contributed by atoms with Crippen LogP contribution in [0.2, 0.25) is 10.0 Å². The molecule has 0 unspecified atom stereocenters. The quantitative estimate of drug-likeness (QED) is 0.242. The molecule has 0 spiro atoms. The normalized spacial score (nSPS) is 11.6. The molecular weight excluding hydrogens is 511 g/mol. The van der Waals surface area contributed by atoms with Gasteiger partial charge < -0.3 is 10.2 Å². The molecule has 0 aromatic heterocycles. The average Bonchev–Trinajstić information content (AvgIpc) is 2.89. The van der Waals surface area contributed by atoms with Crippen molar-refractivity contribution in [2.75, 3.05) is 12.3 Å². The van der Waals surface area contributed by atoms with Crippen LogP contribution in [0.5, 0.6) is 0 Å². The van der Waals surface area contributed by atoms with E-state index in [-0.39, 0.29) is 24.1 Å². The maximum Gasteiger partial charge on any atom is 0.243 e. The van der Waals surface area contributed by atoms with Gasteiger partial charge in [-0.2, -0.15) is 0 Å². The number of thioether (sulfide) groups is 1. The highest BCUT2D eigenvalue weighted by molar-refractivity contribution is 7.99. The second-order valence-electron chi connectivity index (χ2n) is 8.55. The summed E-state index contributed by atoms with van der Waals surface area (Å²) in [6.07, 6.45) is 2.24. The minimum absolute atomic E-state index is 0.126. The Balaban J connectivity index is 1.88. The van der Waals surface area contributed by atoms with Crippen molar-refractivity contribution < 1.29 is 9.59 Å². The molecule has 1 atom stereocenters. The maximum atomic E-state index is 13.7. The molecule has 0 saturated heterocycles. The molecule has 0 bridgehead atoms. The molecule has 0 radical (unpaired) electrons. The standard InChI is InChI=1S/C29H32Cl2N2O2S/c1-2-3-17-32-29(35)27(18-22-11-6-4-7-12-22)33(19-24-25(30)15-10-16-26(24)31)28(34)21-36-20-23-13-8-5-9-14-23/h4-16,27H,2-3,17-21H2,1H3,(H,32,35)/t27-/m0/s1. The van der Waals surface area contributed by atoms with Crippen molar-refractivity contribution in [2.24, 2.45) is 0 Å². The molecule has 2 amide bonds. The van der Waals surface area contributed by atoms with E-state index in [0.717, 1.165) is 24.0 Å². The number of amides is 2. The van der Waals surface area contributed by atoms with Gasteiger partial charge in [0.25, 0.3) is 0 Å². The third-order valence-corrected chi connectivity index (χ3v) is 7.52. The third kappa shape index (κ3) is 8.58. The number of carbonyl (C=O) groups is 2. The van der Waals surface area contributed by atoms with Crippen molar-refractivity contribution in [3.05, 3.63) is 106 Å². The Bertz CT molecular complexity index is 1090. The molecule has 0 aliphatic heterocycles. The fourth-order valence-corrected chi connectivity index (χ4v) is 5.21. The molecule has 0 fully saturated rings. The second-order valence-corrected chi connectivity index (χ2v) is 10.4. The Hall–Kier alpha value is -2.47. The molecule has 0 saturated carbocycles. The van der Waals surface area contributed by atoms with Gasteiger partial charge in [0.1, 0.15) is 6.04 Å². The first-order valence-electron chi connectivity index (χ1n) is 12.1. The van der Waals surface area contributed by atoms with E-state index in [9.17, 15) is 9.59 Å². The van der Waals surface area contributed by atoms with E-state index in [4.69, 9.17) is 23.2 Å². The van der Waals surface area contributed by atoms with Crippen molar-refractivity contribution in [2.45, 2.75) is 44.5 Å². The number of hydrogen-bond donors (Lipinski definition) is 1. The Morgan fingerprint density at radius 2 is 1.50 bits per heavy atom.